The van der Waals surface area contributed by atoms with Gasteiger partial charge in [-0.15, -0.1) is 12.4 Å². The molecule has 1 atom stereocenters. The Bertz CT molecular complexity index is 279. The summed E-state index contributed by atoms with van der Waals surface area (Å²) in [6, 6.07) is 0.127. The van der Waals surface area contributed by atoms with Crippen LogP contribution in [0.25, 0.3) is 0 Å². The molecule has 0 aromatic rings. The lowest BCUT2D eigenvalue weighted by Gasteiger charge is -2.39. The monoisotopic (exact) mass is 247 g/mol. The molecular formula is C10H18ClN3O2. The Labute approximate surface area is 102 Å². The summed E-state index contributed by atoms with van der Waals surface area (Å²) in [6.45, 7) is 2.47. The Hall–Kier alpha value is -0.810. The van der Waals surface area contributed by atoms with E-state index in [0.717, 1.165) is 25.9 Å². The molecule has 2 aliphatic rings. The molecule has 3 amide bonds. The zero-order valence-corrected chi connectivity index (χ0v) is 10.3. The van der Waals surface area contributed by atoms with Gasteiger partial charge >= 0.3 is 6.03 Å². The van der Waals surface area contributed by atoms with Gasteiger partial charge in [-0.2, -0.15) is 0 Å². The van der Waals surface area contributed by atoms with Crippen LogP contribution >= 0.6 is 12.4 Å². The maximum atomic E-state index is 11.8. The molecule has 1 N–H and O–H groups in total. The van der Waals surface area contributed by atoms with Crippen LogP contribution in [-0.4, -0.2) is 54.5 Å². The van der Waals surface area contributed by atoms with Crippen LogP contribution in [0.2, 0.25) is 0 Å². The lowest BCUT2D eigenvalue weighted by molar-refractivity contribution is -0.130. The third-order valence-electron chi connectivity index (χ3n) is 3.18. The van der Waals surface area contributed by atoms with Crippen LogP contribution < -0.4 is 5.32 Å². The first-order valence-electron chi connectivity index (χ1n) is 5.48. The standard InChI is InChI=1S/C10H17N3O2.ClH/c1-12-9(14)4-6-13(10(12)15)8-3-2-5-11-7-8;/h8,11H,2-7H2,1H3;1H. The third-order valence-corrected chi connectivity index (χ3v) is 3.18. The second-order valence-corrected chi connectivity index (χ2v) is 4.18. The topological polar surface area (TPSA) is 52.7 Å². The molecule has 2 rings (SSSR count). The number of amides is 3. The fraction of sp³-hybridized carbons (Fsp3) is 0.800. The van der Waals surface area contributed by atoms with E-state index in [9.17, 15) is 9.59 Å². The summed E-state index contributed by atoms with van der Waals surface area (Å²) in [6.07, 6.45) is 2.60. The second kappa shape index (κ2) is 5.50. The van der Waals surface area contributed by atoms with Gasteiger partial charge in [-0.05, 0) is 19.4 Å². The van der Waals surface area contributed by atoms with E-state index < -0.39 is 0 Å². The normalized spacial score (nSPS) is 26.7. The molecule has 2 aliphatic heterocycles. The van der Waals surface area contributed by atoms with E-state index in [4.69, 9.17) is 0 Å². The fourth-order valence-electron chi connectivity index (χ4n) is 2.22. The smallest absolute Gasteiger partial charge is 0.320 e. The first-order valence-corrected chi connectivity index (χ1v) is 5.48. The first-order chi connectivity index (χ1) is 7.20. The lowest BCUT2D eigenvalue weighted by Crippen LogP contribution is -2.57. The summed E-state index contributed by atoms with van der Waals surface area (Å²) >= 11 is 0. The molecule has 1 unspecified atom stereocenters. The molecule has 0 aromatic carbocycles. The number of carbonyl (C=O) groups excluding carboxylic acids is 2. The molecule has 0 saturated carbocycles. The van der Waals surface area contributed by atoms with Crippen molar-refractivity contribution >= 4 is 24.3 Å². The number of halogens is 1. The Morgan fingerprint density at radius 1 is 1.38 bits per heavy atom. The molecule has 0 radical (unpaired) electrons. The maximum absolute atomic E-state index is 11.8. The van der Waals surface area contributed by atoms with Crippen molar-refractivity contribution in [3.8, 4) is 0 Å². The van der Waals surface area contributed by atoms with Crippen molar-refractivity contribution in [2.75, 3.05) is 26.7 Å². The van der Waals surface area contributed by atoms with Crippen LogP contribution in [0.15, 0.2) is 0 Å². The minimum atomic E-state index is -0.139. The number of urea groups is 1. The van der Waals surface area contributed by atoms with Crippen LogP contribution in [0.1, 0.15) is 19.3 Å². The number of imide groups is 1. The van der Waals surface area contributed by atoms with Gasteiger partial charge in [0.25, 0.3) is 0 Å². The van der Waals surface area contributed by atoms with E-state index in [1.165, 1.54) is 4.90 Å². The summed E-state index contributed by atoms with van der Waals surface area (Å²) in [5, 5.41) is 3.28. The van der Waals surface area contributed by atoms with E-state index in [2.05, 4.69) is 5.32 Å². The Kier molecular flexibility index (Phi) is 4.56. The second-order valence-electron chi connectivity index (χ2n) is 4.18. The van der Waals surface area contributed by atoms with Crippen molar-refractivity contribution in [1.82, 2.24) is 15.1 Å². The quantitative estimate of drug-likeness (QED) is 0.732. The SMILES string of the molecule is CN1C(=O)CCN(C2CCCNC2)C1=O.Cl. The van der Waals surface area contributed by atoms with E-state index >= 15 is 0 Å². The number of carbonyl (C=O) groups is 2. The van der Waals surface area contributed by atoms with E-state index in [1.54, 1.807) is 7.05 Å². The molecule has 2 saturated heterocycles. The molecule has 2 heterocycles. The van der Waals surface area contributed by atoms with Crippen LogP contribution in [0.4, 0.5) is 4.79 Å². The van der Waals surface area contributed by atoms with E-state index in [1.807, 2.05) is 4.90 Å². The zero-order valence-electron chi connectivity index (χ0n) is 9.44. The molecule has 0 spiro atoms. The fourth-order valence-corrected chi connectivity index (χ4v) is 2.22. The summed E-state index contributed by atoms with van der Waals surface area (Å²) in [5.41, 5.74) is 0. The first kappa shape index (κ1) is 13.3. The summed E-state index contributed by atoms with van der Waals surface area (Å²) < 4.78 is 0. The van der Waals surface area contributed by atoms with Crippen molar-refractivity contribution in [3.05, 3.63) is 0 Å². The number of hydrogen-bond acceptors (Lipinski definition) is 3. The molecule has 16 heavy (non-hydrogen) atoms. The lowest BCUT2D eigenvalue weighted by atomic mass is 10.1. The highest BCUT2D eigenvalue weighted by Gasteiger charge is 2.33. The Morgan fingerprint density at radius 2 is 2.12 bits per heavy atom. The van der Waals surface area contributed by atoms with Crippen molar-refractivity contribution in [2.24, 2.45) is 0 Å². The molecule has 92 valence electrons. The van der Waals surface area contributed by atoms with Gasteiger partial charge < -0.3 is 10.2 Å². The highest BCUT2D eigenvalue weighted by Crippen LogP contribution is 2.16. The predicted molar refractivity (Wildman–Crippen MR) is 62.6 cm³/mol. The summed E-state index contributed by atoms with van der Waals surface area (Å²) in [7, 11) is 1.56. The van der Waals surface area contributed by atoms with Gasteiger partial charge in [-0.25, -0.2) is 4.79 Å². The molecule has 0 aliphatic carbocycles. The van der Waals surface area contributed by atoms with Crippen molar-refractivity contribution in [1.29, 1.82) is 0 Å². The van der Waals surface area contributed by atoms with Crippen molar-refractivity contribution in [3.63, 3.8) is 0 Å². The average Bonchev–Trinajstić information content (AvgIpc) is 2.27. The highest BCUT2D eigenvalue weighted by molar-refractivity contribution is 5.96. The third kappa shape index (κ3) is 2.47. The molecular weight excluding hydrogens is 230 g/mol. The Balaban J connectivity index is 0.00000128. The predicted octanol–water partition coefficient (Wildman–Crippen LogP) is 0.444. The van der Waals surface area contributed by atoms with Gasteiger partial charge in [0.05, 0.1) is 0 Å². The average molecular weight is 248 g/mol. The summed E-state index contributed by atoms with van der Waals surface area (Å²) in [4.78, 5) is 26.2. The zero-order chi connectivity index (χ0) is 10.8. The summed E-state index contributed by atoms with van der Waals surface area (Å²) in [5.74, 6) is -0.0694. The highest BCUT2D eigenvalue weighted by atomic mass is 35.5. The number of nitrogens with zero attached hydrogens (tertiary/aromatic N) is 2. The number of hydrogen-bond donors (Lipinski definition) is 1. The van der Waals surface area contributed by atoms with Crippen LogP contribution in [0, 0.1) is 0 Å². The van der Waals surface area contributed by atoms with Gasteiger partial charge in [0.15, 0.2) is 0 Å². The van der Waals surface area contributed by atoms with Crippen LogP contribution in [-0.2, 0) is 4.79 Å². The molecule has 6 heteroatoms. The van der Waals surface area contributed by atoms with E-state index in [0.29, 0.717) is 13.0 Å². The van der Waals surface area contributed by atoms with Gasteiger partial charge in [-0.1, -0.05) is 0 Å². The maximum Gasteiger partial charge on any atom is 0.326 e. The molecule has 2 fully saturated rings. The van der Waals surface area contributed by atoms with Gasteiger partial charge in [0.1, 0.15) is 0 Å². The van der Waals surface area contributed by atoms with Crippen molar-refractivity contribution < 1.29 is 9.59 Å². The number of rotatable bonds is 1. The minimum absolute atomic E-state index is 0. The van der Waals surface area contributed by atoms with Crippen molar-refractivity contribution in [2.45, 2.75) is 25.3 Å². The van der Waals surface area contributed by atoms with Gasteiger partial charge in [0, 0.05) is 32.6 Å². The van der Waals surface area contributed by atoms with Gasteiger partial charge in [-0.3, -0.25) is 9.69 Å². The minimum Gasteiger partial charge on any atom is -0.320 e. The largest absolute Gasteiger partial charge is 0.326 e. The van der Waals surface area contributed by atoms with E-state index in [-0.39, 0.29) is 30.4 Å². The van der Waals surface area contributed by atoms with Crippen LogP contribution in [0.3, 0.4) is 0 Å². The Morgan fingerprint density at radius 3 is 2.75 bits per heavy atom. The number of nitrogens with one attached hydrogen (secondary N) is 1. The van der Waals surface area contributed by atoms with Crippen LogP contribution in [0.5, 0.6) is 0 Å². The molecule has 0 bridgehead atoms. The molecule has 0 aromatic heterocycles. The van der Waals surface area contributed by atoms with Gasteiger partial charge in [0.2, 0.25) is 5.91 Å². The number of piperidine rings is 1. The molecule has 5 nitrogen and oxygen atoms in total.